The van der Waals surface area contributed by atoms with Crippen LogP contribution in [0, 0.1) is 0 Å². The van der Waals surface area contributed by atoms with E-state index in [0.717, 1.165) is 30.4 Å². The number of rotatable bonds is 0. The highest BCUT2D eigenvalue weighted by molar-refractivity contribution is 5.76. The van der Waals surface area contributed by atoms with E-state index < -0.39 is 0 Å². The van der Waals surface area contributed by atoms with Gasteiger partial charge in [0, 0.05) is 24.7 Å². The van der Waals surface area contributed by atoms with Gasteiger partial charge in [-0.05, 0) is 12.5 Å². The summed E-state index contributed by atoms with van der Waals surface area (Å²) in [6.45, 7) is 1.65. The molecule has 0 aliphatic carbocycles. The number of fused-ring (bicyclic) bond motifs is 1. The molecule has 0 atom stereocenters. The molecule has 1 aromatic carbocycles. The lowest BCUT2D eigenvalue weighted by atomic mass is 10.2. The molecule has 2 heterocycles. The van der Waals surface area contributed by atoms with Crippen LogP contribution in [-0.2, 0) is 0 Å². The van der Waals surface area contributed by atoms with Crippen molar-refractivity contribution in [3.63, 3.8) is 0 Å². The fourth-order valence-electron chi connectivity index (χ4n) is 1.55. The number of amides is 2. The molecule has 6 nitrogen and oxygen atoms in total. The van der Waals surface area contributed by atoms with Crippen LogP contribution in [0.1, 0.15) is 6.42 Å². The number of aromatic amines is 1. The molecule has 6 heteroatoms. The molecule has 94 valence electrons. The minimum atomic E-state index is -0.302. The first kappa shape index (κ1) is 12.1. The number of hydrogen-bond acceptors (Lipinski definition) is 3. The summed E-state index contributed by atoms with van der Waals surface area (Å²) in [6, 6.07) is 7.49. The number of nitrogens with zero attached hydrogens (tertiary/aromatic N) is 1. The van der Waals surface area contributed by atoms with E-state index in [9.17, 15) is 9.59 Å². The molecular weight excluding hydrogens is 232 g/mol. The van der Waals surface area contributed by atoms with Crippen LogP contribution >= 0.6 is 0 Å². The van der Waals surface area contributed by atoms with Crippen LogP contribution in [-0.4, -0.2) is 29.1 Å². The molecular formula is C12H14N4O2. The predicted octanol–water partition coefficient (Wildman–Crippen LogP) is 0.612. The van der Waals surface area contributed by atoms with Gasteiger partial charge in [0.25, 0.3) is 0 Å². The number of urea groups is 1. The number of carbonyl (C=O) groups excluding carboxylic acids is 1. The zero-order valence-electron chi connectivity index (χ0n) is 9.77. The zero-order chi connectivity index (χ0) is 12.8. The van der Waals surface area contributed by atoms with Gasteiger partial charge < -0.3 is 15.6 Å². The summed E-state index contributed by atoms with van der Waals surface area (Å²) in [4.78, 5) is 27.2. The van der Waals surface area contributed by atoms with Crippen molar-refractivity contribution in [3.05, 3.63) is 40.9 Å². The molecule has 18 heavy (non-hydrogen) atoms. The summed E-state index contributed by atoms with van der Waals surface area (Å²) in [5.41, 5.74) is 0.524. The molecule has 2 aromatic rings. The number of hydrogen-bond donors (Lipinski definition) is 3. The number of benzene rings is 1. The Balaban J connectivity index is 0.000000149. The highest BCUT2D eigenvalue weighted by Gasteiger charge is 2.02. The Bertz CT molecular complexity index is 586. The quantitative estimate of drug-likeness (QED) is 0.636. The second kappa shape index (κ2) is 5.81. The fourth-order valence-corrected chi connectivity index (χ4v) is 1.55. The van der Waals surface area contributed by atoms with E-state index in [1.165, 1.54) is 0 Å². The number of para-hydroxylation sites is 1. The smallest absolute Gasteiger partial charge is 0.338 e. The van der Waals surface area contributed by atoms with Gasteiger partial charge in [-0.1, -0.05) is 18.2 Å². The second-order valence-corrected chi connectivity index (χ2v) is 3.81. The molecule has 2 amide bonds. The maximum absolute atomic E-state index is 10.7. The van der Waals surface area contributed by atoms with Crippen LogP contribution < -0.4 is 16.3 Å². The van der Waals surface area contributed by atoms with E-state index in [1.54, 1.807) is 6.20 Å². The molecule has 1 aliphatic heterocycles. The van der Waals surface area contributed by atoms with Gasteiger partial charge in [0.15, 0.2) is 0 Å². The third kappa shape index (κ3) is 3.31. The Morgan fingerprint density at radius 1 is 1.06 bits per heavy atom. The predicted molar refractivity (Wildman–Crippen MR) is 68.4 cm³/mol. The lowest BCUT2D eigenvalue weighted by molar-refractivity contribution is 0.236. The molecule has 0 saturated carbocycles. The third-order valence-electron chi connectivity index (χ3n) is 2.45. The van der Waals surface area contributed by atoms with E-state index in [1.807, 2.05) is 24.3 Å². The zero-order valence-corrected chi connectivity index (χ0v) is 9.77. The Morgan fingerprint density at radius 2 is 1.78 bits per heavy atom. The van der Waals surface area contributed by atoms with Crippen molar-refractivity contribution in [3.8, 4) is 0 Å². The van der Waals surface area contributed by atoms with E-state index in [4.69, 9.17) is 0 Å². The number of aromatic nitrogens is 2. The Kier molecular flexibility index (Phi) is 3.90. The lowest BCUT2D eigenvalue weighted by Gasteiger charge is -2.11. The molecule has 0 bridgehead atoms. The molecule has 1 fully saturated rings. The standard InChI is InChI=1S/C8H6N2O.C4H8N2O/c11-8-9-5-6-3-1-2-4-7(6)10-8;7-4-5-2-1-3-6-4/h1-5H,(H,9,10,11);1-3H2,(H2,5,6,7). The topological polar surface area (TPSA) is 86.9 Å². The first-order chi connectivity index (χ1) is 8.75. The van der Waals surface area contributed by atoms with Gasteiger partial charge in [-0.15, -0.1) is 0 Å². The highest BCUT2D eigenvalue weighted by Crippen LogP contribution is 2.05. The maximum Gasteiger partial charge on any atom is 0.345 e. The summed E-state index contributed by atoms with van der Waals surface area (Å²) < 4.78 is 0. The number of nitrogens with one attached hydrogen (secondary N) is 3. The van der Waals surface area contributed by atoms with Gasteiger partial charge in [-0.25, -0.2) is 14.6 Å². The Labute approximate surface area is 103 Å². The van der Waals surface area contributed by atoms with Crippen LogP contribution in [0.25, 0.3) is 10.9 Å². The van der Waals surface area contributed by atoms with E-state index in [2.05, 4.69) is 20.6 Å². The summed E-state index contributed by atoms with van der Waals surface area (Å²) in [7, 11) is 0. The van der Waals surface area contributed by atoms with E-state index in [-0.39, 0.29) is 11.7 Å². The van der Waals surface area contributed by atoms with Crippen molar-refractivity contribution in [2.75, 3.05) is 13.1 Å². The van der Waals surface area contributed by atoms with Crippen LogP contribution in [0.5, 0.6) is 0 Å². The molecule has 1 saturated heterocycles. The second-order valence-electron chi connectivity index (χ2n) is 3.81. The molecule has 1 aliphatic rings. The molecule has 0 radical (unpaired) electrons. The van der Waals surface area contributed by atoms with Crippen molar-refractivity contribution in [2.24, 2.45) is 0 Å². The van der Waals surface area contributed by atoms with Crippen molar-refractivity contribution in [2.45, 2.75) is 6.42 Å². The maximum atomic E-state index is 10.7. The molecule has 3 rings (SSSR count). The van der Waals surface area contributed by atoms with Gasteiger partial charge in [0.2, 0.25) is 0 Å². The third-order valence-corrected chi connectivity index (χ3v) is 2.45. The van der Waals surface area contributed by atoms with Crippen LogP contribution in [0.4, 0.5) is 4.79 Å². The van der Waals surface area contributed by atoms with Crippen molar-refractivity contribution in [1.82, 2.24) is 20.6 Å². The Hall–Kier alpha value is -2.37. The SMILES string of the molecule is O=C1NCCCN1.O=c1ncc2ccccc2[nH]1. The minimum absolute atomic E-state index is 0.0359. The van der Waals surface area contributed by atoms with Crippen LogP contribution in [0.3, 0.4) is 0 Å². The van der Waals surface area contributed by atoms with Gasteiger partial charge in [0.1, 0.15) is 0 Å². The van der Waals surface area contributed by atoms with Gasteiger partial charge in [0.05, 0.1) is 5.52 Å². The van der Waals surface area contributed by atoms with Crippen molar-refractivity contribution < 1.29 is 4.79 Å². The Morgan fingerprint density at radius 3 is 2.44 bits per heavy atom. The minimum Gasteiger partial charge on any atom is -0.338 e. The number of H-pyrrole nitrogens is 1. The normalized spacial score (nSPS) is 14.1. The first-order valence-electron chi connectivity index (χ1n) is 5.71. The summed E-state index contributed by atoms with van der Waals surface area (Å²) in [5, 5.41) is 6.21. The molecule has 0 unspecified atom stereocenters. The van der Waals surface area contributed by atoms with E-state index >= 15 is 0 Å². The van der Waals surface area contributed by atoms with Crippen molar-refractivity contribution in [1.29, 1.82) is 0 Å². The number of carbonyl (C=O) groups is 1. The average molecular weight is 246 g/mol. The first-order valence-corrected chi connectivity index (χ1v) is 5.71. The van der Waals surface area contributed by atoms with E-state index in [0.29, 0.717) is 0 Å². The molecule has 3 N–H and O–H groups in total. The fraction of sp³-hybridized carbons (Fsp3) is 0.250. The largest absolute Gasteiger partial charge is 0.345 e. The van der Waals surface area contributed by atoms with Gasteiger partial charge >= 0.3 is 11.7 Å². The van der Waals surface area contributed by atoms with Gasteiger partial charge in [-0.2, -0.15) is 0 Å². The summed E-state index contributed by atoms with van der Waals surface area (Å²) in [6.07, 6.45) is 2.61. The average Bonchev–Trinajstić information content (AvgIpc) is 2.40. The highest BCUT2D eigenvalue weighted by atomic mass is 16.2. The summed E-state index contributed by atoms with van der Waals surface area (Å²) >= 11 is 0. The van der Waals surface area contributed by atoms with Gasteiger partial charge in [-0.3, -0.25) is 0 Å². The lowest BCUT2D eigenvalue weighted by Crippen LogP contribution is -2.42. The molecule has 0 spiro atoms. The van der Waals surface area contributed by atoms with Crippen LogP contribution in [0.15, 0.2) is 35.3 Å². The molecule has 1 aromatic heterocycles. The van der Waals surface area contributed by atoms with Crippen molar-refractivity contribution >= 4 is 16.9 Å². The van der Waals surface area contributed by atoms with Crippen LogP contribution in [0.2, 0.25) is 0 Å². The monoisotopic (exact) mass is 246 g/mol. The summed E-state index contributed by atoms with van der Waals surface area (Å²) in [5.74, 6) is 0.